The topological polar surface area (TPSA) is 50.4 Å². The number of benzene rings is 1. The third-order valence-electron chi connectivity index (χ3n) is 2.10. The lowest BCUT2D eigenvalue weighted by atomic mass is 10.1. The van der Waals surface area contributed by atoms with Crippen molar-refractivity contribution >= 4 is 16.9 Å². The lowest BCUT2D eigenvalue weighted by Crippen LogP contribution is -1.95. The molecule has 0 atom stereocenters. The molecule has 0 aliphatic heterocycles. The van der Waals surface area contributed by atoms with E-state index in [2.05, 4.69) is 0 Å². The van der Waals surface area contributed by atoms with Crippen LogP contribution in [-0.2, 0) is 0 Å². The molecule has 0 radical (unpaired) electrons. The van der Waals surface area contributed by atoms with Crippen molar-refractivity contribution in [3.05, 3.63) is 35.6 Å². The van der Waals surface area contributed by atoms with Crippen LogP contribution in [-0.4, -0.2) is 11.1 Å². The van der Waals surface area contributed by atoms with Crippen LogP contribution in [0.5, 0.6) is 0 Å². The number of halogens is 2. The Hall–Kier alpha value is -1.91. The smallest absolute Gasteiger partial charge is 0.339 e. The van der Waals surface area contributed by atoms with Crippen LogP contribution >= 0.6 is 0 Å². The highest BCUT2D eigenvalue weighted by atomic mass is 19.3. The lowest BCUT2D eigenvalue weighted by molar-refractivity contribution is 0.0698. The highest BCUT2D eigenvalue weighted by molar-refractivity contribution is 6.01. The molecule has 0 aliphatic carbocycles. The molecule has 2 aromatic rings. The molecule has 0 aliphatic rings. The maximum atomic E-state index is 12.5. The van der Waals surface area contributed by atoms with Crippen molar-refractivity contribution in [1.82, 2.24) is 0 Å². The number of alkyl halides is 2. The van der Waals surface area contributed by atoms with E-state index in [4.69, 9.17) is 9.52 Å². The Kier molecular flexibility index (Phi) is 2.15. The van der Waals surface area contributed by atoms with Gasteiger partial charge in [-0.05, 0) is 6.07 Å². The number of hydrogen-bond acceptors (Lipinski definition) is 2. The van der Waals surface area contributed by atoms with Crippen molar-refractivity contribution < 1.29 is 23.1 Å². The van der Waals surface area contributed by atoms with Crippen LogP contribution in [0.4, 0.5) is 8.78 Å². The monoisotopic (exact) mass is 212 g/mol. The average molecular weight is 212 g/mol. The fourth-order valence-corrected chi connectivity index (χ4v) is 1.41. The van der Waals surface area contributed by atoms with Gasteiger partial charge in [-0.3, -0.25) is 0 Å². The van der Waals surface area contributed by atoms with Crippen LogP contribution in [0, 0.1) is 0 Å². The van der Waals surface area contributed by atoms with E-state index in [0.29, 0.717) is 0 Å². The summed E-state index contributed by atoms with van der Waals surface area (Å²) in [6.45, 7) is 0. The third kappa shape index (κ3) is 1.45. The Morgan fingerprint density at radius 2 is 2.13 bits per heavy atom. The number of carbonyl (C=O) groups is 1. The van der Waals surface area contributed by atoms with Gasteiger partial charge in [0.1, 0.15) is 17.4 Å². The first kappa shape index (κ1) is 9.64. The molecule has 0 amide bonds. The number of carboxylic acids is 1. The third-order valence-corrected chi connectivity index (χ3v) is 2.10. The molecule has 1 N–H and O–H groups in total. The Labute approximate surface area is 82.9 Å². The van der Waals surface area contributed by atoms with Gasteiger partial charge in [0.15, 0.2) is 0 Å². The zero-order valence-electron chi connectivity index (χ0n) is 7.41. The first-order chi connectivity index (χ1) is 7.11. The van der Waals surface area contributed by atoms with Gasteiger partial charge in [0, 0.05) is 5.39 Å². The summed E-state index contributed by atoms with van der Waals surface area (Å²) in [6.07, 6.45) is -1.78. The Morgan fingerprint density at radius 1 is 1.40 bits per heavy atom. The van der Waals surface area contributed by atoms with Crippen molar-refractivity contribution in [2.75, 3.05) is 0 Å². The van der Waals surface area contributed by atoms with Gasteiger partial charge in [0.2, 0.25) is 0 Å². The molecule has 1 aromatic carbocycles. The van der Waals surface area contributed by atoms with Gasteiger partial charge in [-0.1, -0.05) is 12.1 Å². The predicted molar refractivity (Wildman–Crippen MR) is 48.1 cm³/mol. The lowest BCUT2D eigenvalue weighted by Gasteiger charge is -1.96. The number of carboxylic acid groups (broad SMARTS) is 1. The molecule has 0 fully saturated rings. The molecule has 78 valence electrons. The minimum atomic E-state index is -2.67. The molecule has 0 saturated heterocycles. The van der Waals surface area contributed by atoms with Crippen molar-refractivity contribution in [3.63, 3.8) is 0 Å². The largest absolute Gasteiger partial charge is 0.478 e. The fraction of sp³-hybridized carbons (Fsp3) is 0.100. The molecule has 0 unspecified atom stereocenters. The summed E-state index contributed by atoms with van der Waals surface area (Å²) in [5.41, 5.74) is -0.409. The number of fused-ring (bicyclic) bond motifs is 1. The van der Waals surface area contributed by atoms with E-state index >= 15 is 0 Å². The Morgan fingerprint density at radius 3 is 2.73 bits per heavy atom. The van der Waals surface area contributed by atoms with Crippen LogP contribution < -0.4 is 0 Å². The van der Waals surface area contributed by atoms with E-state index < -0.39 is 12.4 Å². The summed E-state index contributed by atoms with van der Waals surface area (Å²) in [4.78, 5) is 10.7. The second kappa shape index (κ2) is 3.34. The standard InChI is InChI=1S/C10H6F2O3/c11-9(12)7-4-15-8-5(7)2-1-3-6(8)10(13)14/h1-4,9H,(H,13,14). The minimum absolute atomic E-state index is 0.0136. The zero-order valence-corrected chi connectivity index (χ0v) is 7.41. The maximum absolute atomic E-state index is 12.5. The molecule has 1 heterocycles. The molecular weight excluding hydrogens is 206 g/mol. The highest BCUT2D eigenvalue weighted by Crippen LogP contribution is 2.31. The Balaban J connectivity index is 2.74. The van der Waals surface area contributed by atoms with E-state index in [1.54, 1.807) is 0 Å². The van der Waals surface area contributed by atoms with Gasteiger partial charge in [0.05, 0.1) is 5.56 Å². The molecular formula is C10H6F2O3. The SMILES string of the molecule is O=C(O)c1cccc2c(C(F)F)coc12. The van der Waals surface area contributed by atoms with E-state index in [-0.39, 0.29) is 22.1 Å². The zero-order chi connectivity index (χ0) is 11.0. The van der Waals surface area contributed by atoms with E-state index in [1.807, 2.05) is 0 Å². The number of para-hydroxylation sites is 1. The average Bonchev–Trinajstić information content (AvgIpc) is 2.59. The van der Waals surface area contributed by atoms with Crippen LogP contribution in [0.2, 0.25) is 0 Å². The second-order valence-corrected chi connectivity index (χ2v) is 2.98. The molecule has 0 saturated carbocycles. The van der Waals surface area contributed by atoms with Crippen molar-refractivity contribution in [2.45, 2.75) is 6.43 Å². The van der Waals surface area contributed by atoms with Gasteiger partial charge in [-0.2, -0.15) is 0 Å². The summed E-state index contributed by atoms with van der Waals surface area (Å²) in [5.74, 6) is -1.20. The molecule has 0 spiro atoms. The molecule has 1 aromatic heterocycles. The van der Waals surface area contributed by atoms with Gasteiger partial charge >= 0.3 is 5.97 Å². The number of aromatic carboxylic acids is 1. The second-order valence-electron chi connectivity index (χ2n) is 2.98. The number of furan rings is 1. The van der Waals surface area contributed by atoms with Crippen LogP contribution in [0.3, 0.4) is 0 Å². The van der Waals surface area contributed by atoms with Crippen LogP contribution in [0.1, 0.15) is 22.3 Å². The number of rotatable bonds is 2. The molecule has 2 rings (SSSR count). The molecule has 0 bridgehead atoms. The summed E-state index contributed by atoms with van der Waals surface area (Å²) < 4.78 is 29.8. The minimum Gasteiger partial charge on any atom is -0.478 e. The molecule has 3 nitrogen and oxygen atoms in total. The Bertz CT molecular complexity index is 516. The van der Waals surface area contributed by atoms with Gasteiger partial charge < -0.3 is 9.52 Å². The predicted octanol–water partition coefficient (Wildman–Crippen LogP) is 3.07. The van der Waals surface area contributed by atoms with Gasteiger partial charge in [0.25, 0.3) is 6.43 Å². The summed E-state index contributed by atoms with van der Waals surface area (Å²) in [7, 11) is 0. The quantitative estimate of drug-likeness (QED) is 0.832. The van der Waals surface area contributed by atoms with E-state index in [0.717, 1.165) is 6.26 Å². The maximum Gasteiger partial charge on any atom is 0.339 e. The van der Waals surface area contributed by atoms with Gasteiger partial charge in [-0.15, -0.1) is 0 Å². The first-order valence-electron chi connectivity index (χ1n) is 4.13. The van der Waals surface area contributed by atoms with Gasteiger partial charge in [-0.25, -0.2) is 13.6 Å². The highest BCUT2D eigenvalue weighted by Gasteiger charge is 2.18. The summed E-state index contributed by atoms with van der Waals surface area (Å²) >= 11 is 0. The van der Waals surface area contributed by atoms with E-state index in [1.165, 1.54) is 18.2 Å². The van der Waals surface area contributed by atoms with Crippen molar-refractivity contribution in [2.24, 2.45) is 0 Å². The first-order valence-corrected chi connectivity index (χ1v) is 4.13. The fourth-order valence-electron chi connectivity index (χ4n) is 1.41. The molecule has 5 heteroatoms. The molecule has 15 heavy (non-hydrogen) atoms. The van der Waals surface area contributed by atoms with Crippen LogP contribution in [0.25, 0.3) is 11.0 Å². The van der Waals surface area contributed by atoms with Crippen molar-refractivity contribution in [3.8, 4) is 0 Å². The number of hydrogen-bond donors (Lipinski definition) is 1. The normalized spacial score (nSPS) is 11.1. The van der Waals surface area contributed by atoms with E-state index in [9.17, 15) is 13.6 Å². The van der Waals surface area contributed by atoms with Crippen molar-refractivity contribution in [1.29, 1.82) is 0 Å². The summed E-state index contributed by atoms with van der Waals surface area (Å²) in [6, 6.07) is 4.13. The van der Waals surface area contributed by atoms with Crippen LogP contribution in [0.15, 0.2) is 28.9 Å². The summed E-state index contributed by atoms with van der Waals surface area (Å²) in [5, 5.41) is 8.93.